The van der Waals surface area contributed by atoms with Gasteiger partial charge < -0.3 is 10.7 Å². The molecule has 1 aromatic heterocycles. The summed E-state index contributed by atoms with van der Waals surface area (Å²) in [5.41, 5.74) is 4.51. The molecule has 1 unspecified atom stereocenters. The molecule has 0 saturated heterocycles. The fraction of sp³-hybridized carbons (Fsp3) is 0.333. The Kier molecular flexibility index (Phi) is 4.70. The van der Waals surface area contributed by atoms with Crippen molar-refractivity contribution < 1.29 is 4.39 Å². The number of aromatic nitrogens is 2. The summed E-state index contributed by atoms with van der Waals surface area (Å²) >= 11 is 0. The minimum Gasteiger partial charge on any atom is -0.367 e. The van der Waals surface area contributed by atoms with Gasteiger partial charge in [-0.3, -0.25) is 0 Å². The van der Waals surface area contributed by atoms with E-state index in [-0.39, 0.29) is 11.9 Å². The van der Waals surface area contributed by atoms with Crippen LogP contribution in [0.1, 0.15) is 23.9 Å². The summed E-state index contributed by atoms with van der Waals surface area (Å²) < 4.78 is 12.9. The van der Waals surface area contributed by atoms with Crippen molar-refractivity contribution >= 4 is 11.6 Å². The van der Waals surface area contributed by atoms with Crippen LogP contribution in [-0.4, -0.2) is 16.0 Å². The molecule has 0 fully saturated rings. The average molecular weight is 289 g/mol. The first kappa shape index (κ1) is 15.2. The summed E-state index contributed by atoms with van der Waals surface area (Å²) in [7, 11) is 0. The van der Waals surface area contributed by atoms with Gasteiger partial charge in [0, 0.05) is 11.6 Å². The van der Waals surface area contributed by atoms with E-state index in [1.54, 1.807) is 12.1 Å². The molecule has 0 amide bonds. The van der Waals surface area contributed by atoms with Gasteiger partial charge in [0.25, 0.3) is 0 Å². The Morgan fingerprint density at radius 1 is 1.14 bits per heavy atom. The van der Waals surface area contributed by atoms with E-state index in [1.807, 2.05) is 13.8 Å². The molecule has 4 N–H and O–H groups in total. The second-order valence-electron chi connectivity index (χ2n) is 5.11. The number of hydrazine groups is 1. The fourth-order valence-electron chi connectivity index (χ4n) is 2.17. The number of nitrogens with zero attached hydrogens (tertiary/aromatic N) is 2. The lowest BCUT2D eigenvalue weighted by Crippen LogP contribution is -2.21. The number of halogens is 1. The number of hydrogen-bond acceptors (Lipinski definition) is 5. The van der Waals surface area contributed by atoms with E-state index in [0.717, 1.165) is 23.4 Å². The molecule has 5 nitrogen and oxygen atoms in total. The van der Waals surface area contributed by atoms with Crippen LogP contribution in [0.15, 0.2) is 24.3 Å². The van der Waals surface area contributed by atoms with Crippen molar-refractivity contribution in [3.63, 3.8) is 0 Å². The van der Waals surface area contributed by atoms with Gasteiger partial charge in [-0.1, -0.05) is 12.1 Å². The number of benzene rings is 1. The van der Waals surface area contributed by atoms with Crippen LogP contribution in [-0.2, 0) is 6.42 Å². The van der Waals surface area contributed by atoms with Crippen LogP contribution in [0.5, 0.6) is 0 Å². The second kappa shape index (κ2) is 6.49. The summed E-state index contributed by atoms with van der Waals surface area (Å²) in [6, 6.07) is 6.67. The first-order valence-electron chi connectivity index (χ1n) is 6.82. The highest BCUT2D eigenvalue weighted by Gasteiger charge is 2.11. The molecule has 0 radical (unpaired) electrons. The van der Waals surface area contributed by atoms with Gasteiger partial charge >= 0.3 is 0 Å². The van der Waals surface area contributed by atoms with Crippen molar-refractivity contribution in [3.05, 3.63) is 47.0 Å². The Balaban J connectivity index is 2.10. The minimum absolute atomic E-state index is 0.147. The predicted molar refractivity (Wildman–Crippen MR) is 82.5 cm³/mol. The normalized spacial score (nSPS) is 12.0. The first-order chi connectivity index (χ1) is 9.99. The largest absolute Gasteiger partial charge is 0.367 e. The smallest absolute Gasteiger partial charge is 0.148 e. The van der Waals surface area contributed by atoms with Gasteiger partial charge in [0.1, 0.15) is 23.3 Å². The lowest BCUT2D eigenvalue weighted by atomic mass is 10.1. The SMILES string of the molecule is Cc1nc(NN)c(C)c(NC(C)Cc2ccc(F)cc2)n1. The summed E-state index contributed by atoms with van der Waals surface area (Å²) in [5, 5.41) is 3.35. The number of nitrogens with two attached hydrogens (primary N) is 1. The predicted octanol–water partition coefficient (Wildman–Crippen LogP) is 2.56. The third kappa shape index (κ3) is 3.88. The lowest BCUT2D eigenvalue weighted by Gasteiger charge is -2.18. The van der Waals surface area contributed by atoms with Crippen molar-refractivity contribution in [2.75, 3.05) is 10.7 Å². The Hall–Kier alpha value is -2.21. The molecule has 0 bridgehead atoms. The number of nitrogen functional groups attached to an aromatic ring is 1. The van der Waals surface area contributed by atoms with Crippen molar-refractivity contribution in [2.24, 2.45) is 5.84 Å². The maximum Gasteiger partial charge on any atom is 0.148 e. The maximum atomic E-state index is 12.9. The van der Waals surface area contributed by atoms with Gasteiger partial charge in [-0.25, -0.2) is 20.2 Å². The molecule has 0 saturated carbocycles. The third-order valence-electron chi connectivity index (χ3n) is 3.23. The van der Waals surface area contributed by atoms with Crippen LogP contribution in [0.3, 0.4) is 0 Å². The molecule has 21 heavy (non-hydrogen) atoms. The Bertz CT molecular complexity index is 612. The van der Waals surface area contributed by atoms with E-state index >= 15 is 0 Å². The van der Waals surface area contributed by atoms with Crippen LogP contribution in [0, 0.1) is 19.7 Å². The zero-order chi connectivity index (χ0) is 15.4. The molecule has 0 aliphatic carbocycles. The Morgan fingerprint density at radius 3 is 2.38 bits per heavy atom. The molecule has 0 aliphatic rings. The van der Waals surface area contributed by atoms with Crippen LogP contribution >= 0.6 is 0 Å². The highest BCUT2D eigenvalue weighted by molar-refractivity contribution is 5.57. The van der Waals surface area contributed by atoms with Gasteiger partial charge in [-0.05, 0) is 44.9 Å². The van der Waals surface area contributed by atoms with E-state index in [1.165, 1.54) is 12.1 Å². The van der Waals surface area contributed by atoms with Crippen LogP contribution < -0.4 is 16.6 Å². The van der Waals surface area contributed by atoms with Gasteiger partial charge in [-0.15, -0.1) is 0 Å². The molecule has 2 rings (SSSR count). The van der Waals surface area contributed by atoms with Crippen molar-refractivity contribution in [1.29, 1.82) is 0 Å². The maximum absolute atomic E-state index is 12.9. The quantitative estimate of drug-likeness (QED) is 0.582. The van der Waals surface area contributed by atoms with Gasteiger partial charge in [0.15, 0.2) is 0 Å². The van der Waals surface area contributed by atoms with E-state index in [4.69, 9.17) is 5.84 Å². The molecule has 0 aliphatic heterocycles. The standard InChI is InChI=1S/C15H20FN5/c1-9(8-12-4-6-13(16)7-5-12)18-14-10(2)15(21-17)20-11(3)19-14/h4-7,9H,8,17H2,1-3H3,(H2,18,19,20,21). The summed E-state index contributed by atoms with van der Waals surface area (Å²) in [6.45, 7) is 5.77. The number of rotatable bonds is 5. The van der Waals surface area contributed by atoms with Crippen molar-refractivity contribution in [2.45, 2.75) is 33.2 Å². The molecular formula is C15H20FN5. The molecular weight excluding hydrogens is 269 g/mol. The summed E-state index contributed by atoms with van der Waals surface area (Å²) in [5.74, 6) is 7.24. The van der Waals surface area contributed by atoms with Gasteiger partial charge in [-0.2, -0.15) is 0 Å². The lowest BCUT2D eigenvalue weighted by molar-refractivity contribution is 0.626. The molecule has 0 spiro atoms. The van der Waals surface area contributed by atoms with Crippen LogP contribution in [0.4, 0.5) is 16.0 Å². The monoisotopic (exact) mass is 289 g/mol. The molecule has 1 atom stereocenters. The van der Waals surface area contributed by atoms with E-state index < -0.39 is 0 Å². The number of aryl methyl sites for hydroxylation is 1. The summed E-state index contributed by atoms with van der Waals surface area (Å²) in [6.07, 6.45) is 0.772. The Morgan fingerprint density at radius 2 is 1.76 bits per heavy atom. The zero-order valence-corrected chi connectivity index (χ0v) is 12.4. The number of anilines is 2. The molecule has 2 aromatic rings. The first-order valence-corrected chi connectivity index (χ1v) is 6.82. The van der Waals surface area contributed by atoms with Crippen molar-refractivity contribution in [3.8, 4) is 0 Å². The fourth-order valence-corrected chi connectivity index (χ4v) is 2.17. The van der Waals surface area contributed by atoms with E-state index in [9.17, 15) is 4.39 Å². The van der Waals surface area contributed by atoms with Crippen LogP contribution in [0.2, 0.25) is 0 Å². The molecule has 1 aromatic carbocycles. The topological polar surface area (TPSA) is 75.9 Å². The van der Waals surface area contributed by atoms with Gasteiger partial charge in [0.05, 0.1) is 0 Å². The highest BCUT2D eigenvalue weighted by atomic mass is 19.1. The third-order valence-corrected chi connectivity index (χ3v) is 3.23. The average Bonchev–Trinajstić information content (AvgIpc) is 2.45. The van der Waals surface area contributed by atoms with Crippen molar-refractivity contribution in [1.82, 2.24) is 9.97 Å². The van der Waals surface area contributed by atoms with E-state index in [2.05, 4.69) is 27.6 Å². The minimum atomic E-state index is -0.222. The number of nitrogens with one attached hydrogen (secondary N) is 2. The molecule has 112 valence electrons. The van der Waals surface area contributed by atoms with Crippen LogP contribution in [0.25, 0.3) is 0 Å². The summed E-state index contributed by atoms with van der Waals surface area (Å²) in [4.78, 5) is 8.62. The second-order valence-corrected chi connectivity index (χ2v) is 5.11. The highest BCUT2D eigenvalue weighted by Crippen LogP contribution is 2.20. The molecule has 1 heterocycles. The zero-order valence-electron chi connectivity index (χ0n) is 12.4. The van der Waals surface area contributed by atoms with Gasteiger partial charge in [0.2, 0.25) is 0 Å². The molecule has 6 heteroatoms. The Labute approximate surface area is 123 Å². The number of hydrogen-bond donors (Lipinski definition) is 3. The van der Waals surface area contributed by atoms with E-state index in [0.29, 0.717) is 11.6 Å².